The summed E-state index contributed by atoms with van der Waals surface area (Å²) < 4.78 is 46.0. The summed E-state index contributed by atoms with van der Waals surface area (Å²) >= 11 is 6.55. The molecule has 1 aliphatic heterocycles. The fraction of sp³-hybridized carbons (Fsp3) is 0.458. The molecule has 0 amide bonds. The Bertz CT molecular complexity index is 1120. The zero-order valence-electron chi connectivity index (χ0n) is 18.5. The molecule has 1 aliphatic rings. The van der Waals surface area contributed by atoms with Gasteiger partial charge in [-0.05, 0) is 67.9 Å². The van der Waals surface area contributed by atoms with Gasteiger partial charge in [-0.25, -0.2) is 4.98 Å². The summed E-state index contributed by atoms with van der Waals surface area (Å²) in [4.78, 5) is 6.70. The average molecular weight is 466 g/mol. The number of rotatable bonds is 5. The van der Waals surface area contributed by atoms with E-state index >= 15 is 0 Å². The van der Waals surface area contributed by atoms with Gasteiger partial charge < -0.3 is 14.2 Å². The SMILES string of the molecule is CCC(CC)c1ccc(Cl)c2nc3n(c12)CCCCN3c1ccc(C)cc1OC(F)(F)F. The van der Waals surface area contributed by atoms with Crippen molar-refractivity contribution in [3.05, 3.63) is 46.5 Å². The van der Waals surface area contributed by atoms with Crippen LogP contribution >= 0.6 is 11.6 Å². The number of aryl methyl sites for hydroxylation is 2. The lowest BCUT2D eigenvalue weighted by Gasteiger charge is -2.25. The van der Waals surface area contributed by atoms with Crippen molar-refractivity contribution < 1.29 is 17.9 Å². The van der Waals surface area contributed by atoms with Gasteiger partial charge in [-0.3, -0.25) is 0 Å². The van der Waals surface area contributed by atoms with Gasteiger partial charge in [0, 0.05) is 13.1 Å². The van der Waals surface area contributed by atoms with E-state index in [1.807, 2.05) is 11.0 Å². The zero-order valence-corrected chi connectivity index (χ0v) is 19.2. The van der Waals surface area contributed by atoms with Crippen LogP contribution in [0.2, 0.25) is 5.02 Å². The molecule has 2 heterocycles. The Hall–Kier alpha value is -2.41. The Kier molecular flexibility index (Phi) is 6.30. The Morgan fingerprint density at radius 3 is 2.50 bits per heavy atom. The number of aromatic nitrogens is 2. The number of alkyl halides is 3. The molecule has 0 unspecified atom stereocenters. The maximum atomic E-state index is 13.2. The van der Waals surface area contributed by atoms with E-state index in [9.17, 15) is 13.2 Å². The molecule has 0 radical (unpaired) electrons. The van der Waals surface area contributed by atoms with Gasteiger partial charge in [0.25, 0.3) is 0 Å². The maximum absolute atomic E-state index is 13.2. The highest BCUT2D eigenvalue weighted by Crippen LogP contribution is 2.42. The van der Waals surface area contributed by atoms with Gasteiger partial charge in [0.1, 0.15) is 5.52 Å². The predicted molar refractivity (Wildman–Crippen MR) is 122 cm³/mol. The topological polar surface area (TPSA) is 30.3 Å². The van der Waals surface area contributed by atoms with Crippen LogP contribution in [0.3, 0.4) is 0 Å². The van der Waals surface area contributed by atoms with E-state index in [1.165, 1.54) is 11.6 Å². The number of nitrogens with zero attached hydrogens (tertiary/aromatic N) is 3. The fourth-order valence-corrected chi connectivity index (χ4v) is 4.81. The molecule has 172 valence electrons. The van der Waals surface area contributed by atoms with Crippen molar-refractivity contribution in [3.8, 4) is 5.75 Å². The van der Waals surface area contributed by atoms with Crippen molar-refractivity contribution in [1.29, 1.82) is 0 Å². The highest BCUT2D eigenvalue weighted by atomic mass is 35.5. The van der Waals surface area contributed by atoms with E-state index < -0.39 is 6.36 Å². The Labute approximate surface area is 190 Å². The molecule has 0 saturated heterocycles. The number of hydrogen-bond acceptors (Lipinski definition) is 3. The van der Waals surface area contributed by atoms with Crippen LogP contribution in [0.1, 0.15) is 56.6 Å². The van der Waals surface area contributed by atoms with Crippen molar-refractivity contribution in [2.24, 2.45) is 0 Å². The minimum Gasteiger partial charge on any atom is -0.404 e. The lowest BCUT2D eigenvalue weighted by molar-refractivity contribution is -0.274. The van der Waals surface area contributed by atoms with Crippen LogP contribution in [0.15, 0.2) is 30.3 Å². The first-order chi connectivity index (χ1) is 15.2. The van der Waals surface area contributed by atoms with E-state index in [-0.39, 0.29) is 5.75 Å². The standard InChI is InChI=1S/C24H27ClF3N3O/c1-4-16(5-2)17-9-10-18(25)21-22(17)31-13-7-6-12-30(23(31)29-21)19-11-8-15(3)14-20(19)32-24(26,27)28/h8-11,14,16H,4-7,12-13H2,1-3H3. The van der Waals surface area contributed by atoms with E-state index in [4.69, 9.17) is 16.6 Å². The third-order valence-electron chi connectivity index (χ3n) is 6.17. The molecule has 2 aromatic carbocycles. The second-order valence-electron chi connectivity index (χ2n) is 8.29. The number of halogens is 4. The number of anilines is 2. The molecule has 3 aromatic rings. The number of benzene rings is 2. The fourth-order valence-electron chi connectivity index (χ4n) is 4.62. The van der Waals surface area contributed by atoms with Crippen LogP contribution in [0.4, 0.5) is 24.8 Å². The van der Waals surface area contributed by atoms with Crippen molar-refractivity contribution in [2.45, 2.75) is 65.3 Å². The molecular formula is C24H27ClF3N3O. The molecule has 8 heteroatoms. The van der Waals surface area contributed by atoms with Crippen molar-refractivity contribution in [3.63, 3.8) is 0 Å². The summed E-state index contributed by atoms with van der Waals surface area (Å²) in [5.41, 5.74) is 3.91. The zero-order chi connectivity index (χ0) is 23.0. The highest BCUT2D eigenvalue weighted by Gasteiger charge is 2.34. The lowest BCUT2D eigenvalue weighted by atomic mass is 9.93. The second kappa shape index (κ2) is 8.85. The monoisotopic (exact) mass is 465 g/mol. The molecule has 0 aliphatic carbocycles. The van der Waals surface area contributed by atoms with E-state index in [1.54, 1.807) is 19.1 Å². The molecule has 0 fully saturated rings. The highest BCUT2D eigenvalue weighted by molar-refractivity contribution is 6.35. The summed E-state index contributed by atoms with van der Waals surface area (Å²) in [6, 6.07) is 8.83. The van der Waals surface area contributed by atoms with E-state index in [0.717, 1.165) is 37.7 Å². The maximum Gasteiger partial charge on any atom is 0.573 e. The van der Waals surface area contributed by atoms with Crippen LogP contribution in [0, 0.1) is 6.92 Å². The first kappa shape index (κ1) is 22.8. The molecule has 0 N–H and O–H groups in total. The molecule has 0 bridgehead atoms. The van der Waals surface area contributed by atoms with Gasteiger partial charge in [0.2, 0.25) is 5.95 Å². The van der Waals surface area contributed by atoms with Gasteiger partial charge in [0.15, 0.2) is 5.75 Å². The van der Waals surface area contributed by atoms with Gasteiger partial charge in [-0.1, -0.05) is 37.6 Å². The first-order valence-corrected chi connectivity index (χ1v) is 11.4. The number of imidazole rings is 1. The Morgan fingerprint density at radius 1 is 1.09 bits per heavy atom. The molecule has 1 aromatic heterocycles. The summed E-state index contributed by atoms with van der Waals surface area (Å²) in [6.07, 6.45) is -1.09. The lowest BCUT2D eigenvalue weighted by Crippen LogP contribution is -2.23. The molecular weight excluding hydrogens is 439 g/mol. The molecule has 0 spiro atoms. The van der Waals surface area contributed by atoms with Gasteiger partial charge in [0.05, 0.1) is 16.2 Å². The quantitative estimate of drug-likeness (QED) is 0.386. The van der Waals surface area contributed by atoms with Crippen LogP contribution < -0.4 is 9.64 Å². The van der Waals surface area contributed by atoms with E-state index in [0.29, 0.717) is 40.2 Å². The molecule has 4 nitrogen and oxygen atoms in total. The smallest absolute Gasteiger partial charge is 0.404 e. The minimum absolute atomic E-state index is 0.218. The van der Waals surface area contributed by atoms with E-state index in [2.05, 4.69) is 29.2 Å². The summed E-state index contributed by atoms with van der Waals surface area (Å²) in [6.45, 7) is 7.34. The van der Waals surface area contributed by atoms with Crippen LogP contribution in [0.25, 0.3) is 11.0 Å². The van der Waals surface area contributed by atoms with Crippen LogP contribution in [0.5, 0.6) is 5.75 Å². The predicted octanol–water partition coefficient (Wildman–Crippen LogP) is 7.73. The van der Waals surface area contributed by atoms with Gasteiger partial charge in [-0.15, -0.1) is 13.2 Å². The number of hydrogen-bond donors (Lipinski definition) is 0. The van der Waals surface area contributed by atoms with Crippen LogP contribution in [-0.4, -0.2) is 22.5 Å². The molecule has 4 rings (SSSR count). The first-order valence-electron chi connectivity index (χ1n) is 11.1. The molecule has 0 atom stereocenters. The number of fused-ring (bicyclic) bond motifs is 3. The second-order valence-corrected chi connectivity index (χ2v) is 8.70. The van der Waals surface area contributed by atoms with Gasteiger partial charge >= 0.3 is 6.36 Å². The molecule has 32 heavy (non-hydrogen) atoms. The average Bonchev–Trinajstić information content (AvgIpc) is 2.98. The van der Waals surface area contributed by atoms with Crippen LogP contribution in [-0.2, 0) is 6.54 Å². The Balaban J connectivity index is 1.93. The molecule has 0 saturated carbocycles. The normalized spacial score (nSPS) is 14.7. The minimum atomic E-state index is -4.78. The van der Waals surface area contributed by atoms with Gasteiger partial charge in [-0.2, -0.15) is 0 Å². The third kappa shape index (κ3) is 4.27. The summed E-state index contributed by atoms with van der Waals surface area (Å²) in [7, 11) is 0. The summed E-state index contributed by atoms with van der Waals surface area (Å²) in [5, 5.41) is 0.547. The largest absolute Gasteiger partial charge is 0.573 e. The number of ether oxygens (including phenoxy) is 1. The van der Waals surface area contributed by atoms with Crippen molar-refractivity contribution >= 4 is 34.3 Å². The Morgan fingerprint density at radius 2 is 1.81 bits per heavy atom. The third-order valence-corrected chi connectivity index (χ3v) is 6.47. The summed E-state index contributed by atoms with van der Waals surface area (Å²) in [5.74, 6) is 0.744. The van der Waals surface area contributed by atoms with Crippen molar-refractivity contribution in [1.82, 2.24) is 9.55 Å². The van der Waals surface area contributed by atoms with Crippen molar-refractivity contribution in [2.75, 3.05) is 11.4 Å².